The summed E-state index contributed by atoms with van der Waals surface area (Å²) in [5.41, 5.74) is 1.12. The Labute approximate surface area is 142 Å². The maximum atomic E-state index is 12.4. The lowest BCUT2D eigenvalue weighted by Gasteiger charge is -2.26. The Morgan fingerprint density at radius 3 is 2.71 bits per heavy atom. The van der Waals surface area contributed by atoms with E-state index >= 15 is 0 Å². The van der Waals surface area contributed by atoms with Crippen molar-refractivity contribution in [1.29, 1.82) is 0 Å². The van der Waals surface area contributed by atoms with Crippen LogP contribution in [-0.4, -0.2) is 51.3 Å². The zero-order chi connectivity index (χ0) is 17.2. The number of nitrogens with one attached hydrogen (secondary N) is 1. The van der Waals surface area contributed by atoms with Gasteiger partial charge in [0.25, 0.3) is 5.91 Å². The Kier molecular flexibility index (Phi) is 4.89. The molecule has 0 atom stereocenters. The van der Waals surface area contributed by atoms with E-state index in [1.165, 1.54) is 0 Å². The van der Waals surface area contributed by atoms with Crippen molar-refractivity contribution in [3.8, 4) is 0 Å². The van der Waals surface area contributed by atoms with Crippen molar-refractivity contribution in [1.82, 2.24) is 20.0 Å². The van der Waals surface area contributed by atoms with Crippen molar-refractivity contribution in [2.45, 2.75) is 52.1 Å². The highest BCUT2D eigenvalue weighted by Gasteiger charge is 2.33. The highest BCUT2D eigenvalue weighted by atomic mass is 16.3. The van der Waals surface area contributed by atoms with Gasteiger partial charge in [-0.2, -0.15) is 5.10 Å². The number of fused-ring (bicyclic) bond motifs is 1. The van der Waals surface area contributed by atoms with Gasteiger partial charge in [0.2, 0.25) is 5.91 Å². The Hall–Kier alpha value is -1.89. The van der Waals surface area contributed by atoms with Gasteiger partial charge in [0, 0.05) is 32.0 Å². The summed E-state index contributed by atoms with van der Waals surface area (Å²) < 4.78 is 1.83. The van der Waals surface area contributed by atoms with Crippen LogP contribution in [0.5, 0.6) is 0 Å². The first-order chi connectivity index (χ1) is 11.5. The maximum Gasteiger partial charge on any atom is 0.271 e. The summed E-state index contributed by atoms with van der Waals surface area (Å²) in [6.07, 6.45) is 4.96. The topological polar surface area (TPSA) is 87.5 Å². The summed E-state index contributed by atoms with van der Waals surface area (Å²) in [6.45, 7) is 4.10. The first-order valence-electron chi connectivity index (χ1n) is 8.74. The molecule has 0 spiro atoms. The molecule has 3 rings (SSSR count). The van der Waals surface area contributed by atoms with E-state index in [1.54, 1.807) is 17.9 Å². The zero-order valence-corrected chi connectivity index (χ0v) is 14.3. The van der Waals surface area contributed by atoms with Crippen LogP contribution >= 0.6 is 0 Å². The van der Waals surface area contributed by atoms with E-state index in [1.807, 2.05) is 4.68 Å². The number of amides is 2. The van der Waals surface area contributed by atoms with E-state index < -0.39 is 0 Å². The van der Waals surface area contributed by atoms with Crippen molar-refractivity contribution in [2.24, 2.45) is 5.41 Å². The van der Waals surface area contributed by atoms with Gasteiger partial charge in [-0.3, -0.25) is 14.3 Å². The van der Waals surface area contributed by atoms with E-state index in [2.05, 4.69) is 10.4 Å². The van der Waals surface area contributed by atoms with Crippen molar-refractivity contribution in [2.75, 3.05) is 19.7 Å². The van der Waals surface area contributed by atoms with Crippen molar-refractivity contribution in [3.05, 3.63) is 17.5 Å². The van der Waals surface area contributed by atoms with E-state index in [0.29, 0.717) is 25.3 Å². The van der Waals surface area contributed by atoms with Gasteiger partial charge in [0.1, 0.15) is 0 Å². The van der Waals surface area contributed by atoms with Gasteiger partial charge >= 0.3 is 0 Å². The average Bonchev–Trinajstić information content (AvgIpc) is 3.15. The molecule has 0 aromatic carbocycles. The maximum absolute atomic E-state index is 12.4. The third-order valence-corrected chi connectivity index (χ3v) is 5.32. The molecule has 2 aliphatic rings. The number of aryl methyl sites for hydroxylation is 1. The molecule has 2 amide bonds. The summed E-state index contributed by atoms with van der Waals surface area (Å²) in [6, 6.07) is 1.77. The second-order valence-corrected chi connectivity index (χ2v) is 7.09. The first-order valence-corrected chi connectivity index (χ1v) is 8.74. The van der Waals surface area contributed by atoms with E-state index in [9.17, 15) is 14.7 Å². The molecule has 1 aliphatic carbocycles. The van der Waals surface area contributed by atoms with Crippen LogP contribution in [0.3, 0.4) is 0 Å². The molecular formula is C17H26N4O3. The van der Waals surface area contributed by atoms with Crippen molar-refractivity contribution in [3.63, 3.8) is 0 Å². The second kappa shape index (κ2) is 6.93. The molecule has 1 saturated carbocycles. The number of nitrogens with zero attached hydrogens (tertiary/aromatic N) is 3. The standard InChI is InChI=1S/C17H26N4O3/c1-13(23)20-7-4-8-21-14(10-20)9-15(19-21)16(24)18-11-17(12-22)5-2-3-6-17/h9,22H,2-8,10-12H2,1H3,(H,18,24). The van der Waals surface area contributed by atoms with Crippen LogP contribution in [-0.2, 0) is 17.9 Å². The van der Waals surface area contributed by atoms with Crippen LogP contribution in [0.25, 0.3) is 0 Å². The summed E-state index contributed by atoms with van der Waals surface area (Å²) in [5, 5.41) is 17.0. The number of aliphatic hydroxyl groups excluding tert-OH is 1. The molecule has 1 aromatic rings. The van der Waals surface area contributed by atoms with Crippen LogP contribution < -0.4 is 5.32 Å². The molecule has 2 heterocycles. The molecule has 7 heteroatoms. The van der Waals surface area contributed by atoms with Crippen molar-refractivity contribution >= 4 is 11.8 Å². The highest BCUT2D eigenvalue weighted by Crippen LogP contribution is 2.36. The van der Waals surface area contributed by atoms with Gasteiger partial charge in [0.05, 0.1) is 18.8 Å². The minimum atomic E-state index is -0.204. The van der Waals surface area contributed by atoms with Gasteiger partial charge in [0.15, 0.2) is 5.69 Å². The fourth-order valence-corrected chi connectivity index (χ4v) is 3.72. The Morgan fingerprint density at radius 1 is 1.29 bits per heavy atom. The van der Waals surface area contributed by atoms with Crippen LogP contribution in [0.4, 0.5) is 0 Å². The highest BCUT2D eigenvalue weighted by molar-refractivity contribution is 5.92. The quantitative estimate of drug-likeness (QED) is 0.857. The van der Waals surface area contributed by atoms with Crippen LogP contribution in [0, 0.1) is 5.41 Å². The molecule has 2 N–H and O–H groups in total. The monoisotopic (exact) mass is 334 g/mol. The fourth-order valence-electron chi connectivity index (χ4n) is 3.72. The number of hydrogen-bond acceptors (Lipinski definition) is 4. The van der Waals surface area contributed by atoms with Gasteiger partial charge in [-0.15, -0.1) is 0 Å². The molecule has 24 heavy (non-hydrogen) atoms. The molecule has 0 saturated heterocycles. The Bertz CT molecular complexity index is 619. The fraction of sp³-hybridized carbons (Fsp3) is 0.706. The molecule has 1 aliphatic heterocycles. The summed E-state index contributed by atoms with van der Waals surface area (Å²) >= 11 is 0. The number of carbonyl (C=O) groups is 2. The van der Waals surface area contributed by atoms with E-state index in [0.717, 1.165) is 44.3 Å². The lowest BCUT2D eigenvalue weighted by atomic mass is 9.87. The predicted molar refractivity (Wildman–Crippen MR) is 88.3 cm³/mol. The van der Waals surface area contributed by atoms with Crippen LogP contribution in [0.15, 0.2) is 6.07 Å². The first kappa shape index (κ1) is 17.0. The molecule has 0 radical (unpaired) electrons. The second-order valence-electron chi connectivity index (χ2n) is 7.09. The lowest BCUT2D eigenvalue weighted by molar-refractivity contribution is -0.129. The van der Waals surface area contributed by atoms with Gasteiger partial charge in [-0.1, -0.05) is 12.8 Å². The third-order valence-electron chi connectivity index (χ3n) is 5.32. The van der Waals surface area contributed by atoms with Gasteiger partial charge < -0.3 is 15.3 Å². The smallest absolute Gasteiger partial charge is 0.271 e. The molecular weight excluding hydrogens is 308 g/mol. The SMILES string of the molecule is CC(=O)N1CCCn2nc(C(=O)NCC3(CO)CCCC3)cc2C1. The summed E-state index contributed by atoms with van der Waals surface area (Å²) in [5.74, 6) is -0.161. The number of hydrogen-bond donors (Lipinski definition) is 2. The Morgan fingerprint density at radius 2 is 2.04 bits per heavy atom. The van der Waals surface area contributed by atoms with Crippen LogP contribution in [0.1, 0.15) is 55.2 Å². The normalized spacial score (nSPS) is 19.7. The van der Waals surface area contributed by atoms with E-state index in [-0.39, 0.29) is 23.8 Å². The van der Waals surface area contributed by atoms with E-state index in [4.69, 9.17) is 0 Å². The average molecular weight is 334 g/mol. The summed E-state index contributed by atoms with van der Waals surface area (Å²) in [4.78, 5) is 25.8. The number of aliphatic hydroxyl groups is 1. The molecule has 1 fully saturated rings. The lowest BCUT2D eigenvalue weighted by Crippen LogP contribution is -2.38. The van der Waals surface area contributed by atoms with Crippen LogP contribution in [0.2, 0.25) is 0 Å². The predicted octanol–water partition coefficient (Wildman–Crippen LogP) is 0.918. The number of aromatic nitrogens is 2. The van der Waals surface area contributed by atoms with Gasteiger partial charge in [-0.05, 0) is 25.3 Å². The zero-order valence-electron chi connectivity index (χ0n) is 14.3. The number of carbonyl (C=O) groups excluding carboxylic acids is 2. The molecule has 132 valence electrons. The molecule has 0 bridgehead atoms. The molecule has 1 aromatic heterocycles. The molecule has 7 nitrogen and oxygen atoms in total. The minimum absolute atomic E-state index is 0.0433. The summed E-state index contributed by atoms with van der Waals surface area (Å²) in [7, 11) is 0. The largest absolute Gasteiger partial charge is 0.396 e. The third kappa shape index (κ3) is 3.45. The van der Waals surface area contributed by atoms with Crippen molar-refractivity contribution < 1.29 is 14.7 Å². The molecule has 0 unspecified atom stereocenters. The number of rotatable bonds is 4. The minimum Gasteiger partial charge on any atom is -0.396 e. The Balaban J connectivity index is 1.66. The van der Waals surface area contributed by atoms with Gasteiger partial charge in [-0.25, -0.2) is 0 Å².